The third-order valence-electron chi connectivity index (χ3n) is 6.93. The van der Waals surface area contributed by atoms with Gasteiger partial charge < -0.3 is 24.7 Å². The topological polar surface area (TPSA) is 92.4 Å². The van der Waals surface area contributed by atoms with Crippen molar-refractivity contribution in [2.45, 2.75) is 32.4 Å². The van der Waals surface area contributed by atoms with E-state index in [2.05, 4.69) is 56.4 Å². The van der Waals surface area contributed by atoms with E-state index in [-0.39, 0.29) is 17.7 Å². The summed E-state index contributed by atoms with van der Waals surface area (Å²) in [7, 11) is 0. The molecule has 2 aliphatic heterocycles. The number of nitrogens with one attached hydrogen (secondary N) is 2. The molecule has 2 aromatic carbocycles. The third kappa shape index (κ3) is 4.68. The summed E-state index contributed by atoms with van der Waals surface area (Å²) in [5, 5.41) is 3.54. The minimum atomic E-state index is -0.193. The molecule has 37 heavy (non-hydrogen) atoms. The van der Waals surface area contributed by atoms with Crippen LogP contribution in [0, 0.1) is 6.92 Å². The molecule has 8 heteroatoms. The van der Waals surface area contributed by atoms with E-state index in [1.54, 1.807) is 18.6 Å². The fraction of sp³-hybridized carbons (Fsp3) is 0.276. The average Bonchev–Trinajstić information content (AvgIpc) is 2.92. The number of para-hydroxylation sites is 1. The number of fused-ring (bicyclic) bond motifs is 2. The number of pyridine rings is 1. The van der Waals surface area contributed by atoms with E-state index in [4.69, 9.17) is 9.47 Å². The molecule has 4 heterocycles. The van der Waals surface area contributed by atoms with Crippen LogP contribution in [0.5, 0.6) is 11.5 Å². The van der Waals surface area contributed by atoms with Crippen molar-refractivity contribution in [3.05, 3.63) is 106 Å². The second kappa shape index (κ2) is 9.71. The number of hydrogen-bond donors (Lipinski definition) is 2. The highest BCUT2D eigenvalue weighted by Gasteiger charge is 2.29. The van der Waals surface area contributed by atoms with E-state index < -0.39 is 0 Å². The summed E-state index contributed by atoms with van der Waals surface area (Å²) < 4.78 is 12.6. The first-order valence-electron chi connectivity index (χ1n) is 12.6. The Balaban J connectivity index is 1.22. The van der Waals surface area contributed by atoms with E-state index in [0.717, 1.165) is 51.7 Å². The van der Waals surface area contributed by atoms with Gasteiger partial charge in [-0.25, -0.2) is 0 Å². The first-order chi connectivity index (χ1) is 18.0. The van der Waals surface area contributed by atoms with Gasteiger partial charge in [0.05, 0.1) is 30.2 Å². The van der Waals surface area contributed by atoms with Crippen LogP contribution in [0.15, 0.2) is 71.9 Å². The molecule has 0 radical (unpaired) electrons. The molecule has 4 aromatic rings. The van der Waals surface area contributed by atoms with Gasteiger partial charge in [0.2, 0.25) is 0 Å². The van der Waals surface area contributed by atoms with Gasteiger partial charge in [0.1, 0.15) is 23.3 Å². The maximum Gasteiger partial charge on any atom is 0.271 e. The highest BCUT2D eigenvalue weighted by Crippen LogP contribution is 2.43. The number of anilines is 2. The van der Waals surface area contributed by atoms with Crippen molar-refractivity contribution < 1.29 is 9.47 Å². The second-order valence-corrected chi connectivity index (χ2v) is 9.58. The van der Waals surface area contributed by atoms with Gasteiger partial charge in [0, 0.05) is 48.7 Å². The molecule has 0 amide bonds. The Morgan fingerprint density at radius 2 is 2.05 bits per heavy atom. The fourth-order valence-electron chi connectivity index (χ4n) is 5.08. The monoisotopic (exact) mass is 495 g/mol. The molecule has 2 N–H and O–H groups in total. The Morgan fingerprint density at radius 3 is 2.92 bits per heavy atom. The van der Waals surface area contributed by atoms with Gasteiger partial charge in [-0.2, -0.15) is 0 Å². The second-order valence-electron chi connectivity index (χ2n) is 9.58. The van der Waals surface area contributed by atoms with Gasteiger partial charge in [-0.3, -0.25) is 14.8 Å². The number of nitrogens with zero attached hydrogens (tertiary/aromatic N) is 3. The lowest BCUT2D eigenvalue weighted by molar-refractivity contribution is 0.0383. The number of aromatic amines is 1. The SMILES string of the molecule is Cc1cncc(C(C)Nc2ccc3c(c2)Cc2cccc(C4CN(c5ccc[nH]c5=O)CCO4)c2O3)n1. The van der Waals surface area contributed by atoms with Crippen molar-refractivity contribution in [2.75, 3.05) is 29.9 Å². The standard InChI is InChI=1S/C29H29N5O3/c1-18-15-30-16-24(32-18)19(2)33-22-8-9-26-21(14-22)13-20-5-3-6-23(28(20)37-26)27-17-34(11-12-36-27)25-7-4-10-31-29(25)35/h3-10,14-16,19,27,33H,11-13,17H2,1-2H3,(H,31,35). The van der Waals surface area contributed by atoms with Crippen LogP contribution in [-0.4, -0.2) is 34.6 Å². The number of H-pyrrole nitrogens is 1. The Bertz CT molecular complexity index is 1500. The van der Waals surface area contributed by atoms with Gasteiger partial charge in [0.25, 0.3) is 5.56 Å². The predicted octanol–water partition coefficient (Wildman–Crippen LogP) is 4.92. The van der Waals surface area contributed by atoms with Crippen LogP contribution in [0.4, 0.5) is 11.4 Å². The molecule has 8 nitrogen and oxygen atoms in total. The van der Waals surface area contributed by atoms with Crippen LogP contribution < -0.4 is 20.5 Å². The van der Waals surface area contributed by atoms with Crippen molar-refractivity contribution in [2.24, 2.45) is 0 Å². The highest BCUT2D eigenvalue weighted by atomic mass is 16.5. The summed E-state index contributed by atoms with van der Waals surface area (Å²) in [5.41, 5.74) is 6.65. The molecule has 0 bridgehead atoms. The zero-order chi connectivity index (χ0) is 25.4. The summed E-state index contributed by atoms with van der Waals surface area (Å²) >= 11 is 0. The lowest BCUT2D eigenvalue weighted by atomic mass is 9.95. The van der Waals surface area contributed by atoms with Crippen LogP contribution in [0.1, 0.15) is 47.1 Å². The number of hydrogen-bond acceptors (Lipinski definition) is 7. The number of rotatable bonds is 5. The first-order valence-corrected chi connectivity index (χ1v) is 12.6. The van der Waals surface area contributed by atoms with Crippen molar-refractivity contribution in [3.63, 3.8) is 0 Å². The Kier molecular flexibility index (Phi) is 6.10. The number of aryl methyl sites for hydroxylation is 1. The van der Waals surface area contributed by atoms with Crippen LogP contribution >= 0.6 is 0 Å². The zero-order valence-corrected chi connectivity index (χ0v) is 20.9. The molecule has 1 fully saturated rings. The van der Waals surface area contributed by atoms with Crippen molar-refractivity contribution >= 4 is 11.4 Å². The van der Waals surface area contributed by atoms with Crippen molar-refractivity contribution in [1.82, 2.24) is 15.0 Å². The summed E-state index contributed by atoms with van der Waals surface area (Å²) in [6.07, 6.45) is 5.78. The molecule has 1 saturated heterocycles. The molecule has 2 aliphatic rings. The van der Waals surface area contributed by atoms with Crippen molar-refractivity contribution in [1.29, 1.82) is 0 Å². The molecule has 2 atom stereocenters. The summed E-state index contributed by atoms with van der Waals surface area (Å²) in [6, 6.07) is 16.2. The number of morpholine rings is 1. The van der Waals surface area contributed by atoms with Gasteiger partial charge in [0.15, 0.2) is 0 Å². The quantitative estimate of drug-likeness (QED) is 0.358. The van der Waals surface area contributed by atoms with Gasteiger partial charge in [-0.05, 0) is 49.7 Å². The van der Waals surface area contributed by atoms with Crippen LogP contribution in [-0.2, 0) is 11.2 Å². The minimum Gasteiger partial charge on any atom is -0.456 e. The van der Waals surface area contributed by atoms with Crippen LogP contribution in [0.2, 0.25) is 0 Å². The van der Waals surface area contributed by atoms with Gasteiger partial charge >= 0.3 is 0 Å². The average molecular weight is 496 g/mol. The van der Waals surface area contributed by atoms with E-state index in [9.17, 15) is 4.79 Å². The minimum absolute atomic E-state index is 0.0251. The Morgan fingerprint density at radius 1 is 1.14 bits per heavy atom. The lowest BCUT2D eigenvalue weighted by Gasteiger charge is -2.35. The maximum atomic E-state index is 12.3. The Hall–Kier alpha value is -4.17. The molecule has 0 aliphatic carbocycles. The van der Waals surface area contributed by atoms with E-state index >= 15 is 0 Å². The van der Waals surface area contributed by atoms with E-state index in [1.807, 2.05) is 31.2 Å². The first kappa shape index (κ1) is 23.2. The number of ether oxygens (including phenoxy) is 2. The normalized spacial score (nSPS) is 17.4. The zero-order valence-electron chi connectivity index (χ0n) is 20.9. The predicted molar refractivity (Wildman–Crippen MR) is 143 cm³/mol. The van der Waals surface area contributed by atoms with Crippen molar-refractivity contribution in [3.8, 4) is 11.5 Å². The van der Waals surface area contributed by atoms with Gasteiger partial charge in [-0.1, -0.05) is 18.2 Å². The highest BCUT2D eigenvalue weighted by molar-refractivity contribution is 5.59. The summed E-state index contributed by atoms with van der Waals surface area (Å²) in [6.45, 7) is 5.82. The molecule has 0 spiro atoms. The fourth-order valence-corrected chi connectivity index (χ4v) is 5.08. The van der Waals surface area contributed by atoms with Crippen LogP contribution in [0.3, 0.4) is 0 Å². The van der Waals surface area contributed by atoms with Gasteiger partial charge in [-0.15, -0.1) is 0 Å². The van der Waals surface area contributed by atoms with E-state index in [1.165, 1.54) is 0 Å². The molecule has 2 aromatic heterocycles. The molecular formula is C29H29N5O3. The maximum absolute atomic E-state index is 12.3. The molecule has 2 unspecified atom stereocenters. The third-order valence-corrected chi connectivity index (χ3v) is 6.93. The summed E-state index contributed by atoms with van der Waals surface area (Å²) in [5.74, 6) is 1.70. The lowest BCUT2D eigenvalue weighted by Crippen LogP contribution is -2.41. The molecular weight excluding hydrogens is 466 g/mol. The summed E-state index contributed by atoms with van der Waals surface area (Å²) in [4.78, 5) is 26.0. The largest absolute Gasteiger partial charge is 0.456 e. The number of aromatic nitrogens is 3. The van der Waals surface area contributed by atoms with Crippen LogP contribution in [0.25, 0.3) is 0 Å². The molecule has 188 valence electrons. The Labute approximate surface area is 215 Å². The molecule has 0 saturated carbocycles. The smallest absolute Gasteiger partial charge is 0.271 e. The number of benzene rings is 2. The van der Waals surface area contributed by atoms with E-state index in [0.29, 0.717) is 25.4 Å². The molecule has 6 rings (SSSR count).